The lowest BCUT2D eigenvalue weighted by molar-refractivity contribution is -0.114. The molecule has 0 aliphatic rings. The number of hydrogen-bond donors (Lipinski definition) is 1. The van der Waals surface area contributed by atoms with Gasteiger partial charge in [-0.25, -0.2) is 17.6 Å². The standard InChI is InChI=1S/C18H19FN2O5S/c1-3-26-18(23)13-4-8-15(9-5-13)20-17(22)12-21(27(2,24)25)16-10-6-14(19)7-11-16/h4-11H,3,12H2,1-2H3,(H,20,22). The van der Waals surface area contributed by atoms with Crippen LogP contribution >= 0.6 is 0 Å². The molecule has 0 aromatic heterocycles. The Bertz CT molecular complexity index is 912. The first-order valence-electron chi connectivity index (χ1n) is 8.01. The van der Waals surface area contributed by atoms with Gasteiger partial charge in [0.2, 0.25) is 15.9 Å². The fraction of sp³-hybridized carbons (Fsp3) is 0.222. The fourth-order valence-electron chi connectivity index (χ4n) is 2.24. The van der Waals surface area contributed by atoms with Gasteiger partial charge in [-0.15, -0.1) is 0 Å². The van der Waals surface area contributed by atoms with Crippen LogP contribution < -0.4 is 9.62 Å². The maximum Gasteiger partial charge on any atom is 0.338 e. The largest absolute Gasteiger partial charge is 0.462 e. The van der Waals surface area contributed by atoms with E-state index < -0.39 is 34.3 Å². The number of ether oxygens (including phenoxy) is 1. The Labute approximate surface area is 156 Å². The van der Waals surface area contributed by atoms with Crippen molar-refractivity contribution in [1.82, 2.24) is 0 Å². The number of hydrogen-bond acceptors (Lipinski definition) is 5. The molecule has 1 N–H and O–H groups in total. The van der Waals surface area contributed by atoms with Gasteiger partial charge in [-0.05, 0) is 55.5 Å². The number of nitrogens with zero attached hydrogens (tertiary/aromatic N) is 1. The van der Waals surface area contributed by atoms with E-state index >= 15 is 0 Å². The number of carbonyl (C=O) groups is 2. The zero-order valence-corrected chi connectivity index (χ0v) is 15.6. The van der Waals surface area contributed by atoms with E-state index in [1.165, 1.54) is 36.4 Å². The molecule has 0 aliphatic heterocycles. The minimum atomic E-state index is -3.75. The number of halogens is 1. The number of benzene rings is 2. The Morgan fingerprint density at radius 3 is 2.19 bits per heavy atom. The summed E-state index contributed by atoms with van der Waals surface area (Å²) in [6.45, 7) is 1.47. The van der Waals surface area contributed by atoms with Gasteiger partial charge in [0.15, 0.2) is 0 Å². The van der Waals surface area contributed by atoms with E-state index in [0.29, 0.717) is 11.3 Å². The highest BCUT2D eigenvalue weighted by atomic mass is 32.2. The highest BCUT2D eigenvalue weighted by Gasteiger charge is 2.21. The van der Waals surface area contributed by atoms with E-state index in [1.807, 2.05) is 0 Å². The molecule has 0 saturated carbocycles. The smallest absolute Gasteiger partial charge is 0.338 e. The molecule has 7 nitrogen and oxygen atoms in total. The zero-order chi connectivity index (χ0) is 20.0. The summed E-state index contributed by atoms with van der Waals surface area (Å²) >= 11 is 0. The van der Waals surface area contributed by atoms with E-state index in [2.05, 4.69) is 5.32 Å². The molecule has 0 saturated heterocycles. The van der Waals surface area contributed by atoms with Crippen molar-refractivity contribution < 1.29 is 27.1 Å². The second-order valence-corrected chi connectivity index (χ2v) is 7.50. The van der Waals surface area contributed by atoms with E-state index in [4.69, 9.17) is 4.74 Å². The lowest BCUT2D eigenvalue weighted by atomic mass is 10.2. The second-order valence-electron chi connectivity index (χ2n) is 5.59. The molecule has 0 radical (unpaired) electrons. The molecule has 1 amide bonds. The lowest BCUT2D eigenvalue weighted by Crippen LogP contribution is -2.37. The van der Waals surface area contributed by atoms with Crippen LogP contribution in [0.1, 0.15) is 17.3 Å². The average molecular weight is 394 g/mol. The summed E-state index contributed by atoms with van der Waals surface area (Å²) in [6.07, 6.45) is 0.956. The van der Waals surface area contributed by atoms with Crippen LogP contribution in [0.15, 0.2) is 48.5 Å². The van der Waals surface area contributed by atoms with Crippen LogP contribution in [0.25, 0.3) is 0 Å². The van der Waals surface area contributed by atoms with E-state index in [1.54, 1.807) is 6.92 Å². The number of carbonyl (C=O) groups excluding carboxylic acids is 2. The topological polar surface area (TPSA) is 92.8 Å². The fourth-order valence-corrected chi connectivity index (χ4v) is 3.10. The van der Waals surface area contributed by atoms with Gasteiger partial charge < -0.3 is 10.1 Å². The predicted octanol–water partition coefficient (Wildman–Crippen LogP) is 2.41. The maximum atomic E-state index is 13.1. The van der Waals surface area contributed by atoms with Gasteiger partial charge in [0.25, 0.3) is 0 Å². The summed E-state index contributed by atoms with van der Waals surface area (Å²) < 4.78 is 42.8. The summed E-state index contributed by atoms with van der Waals surface area (Å²) in [7, 11) is -3.75. The molecule has 27 heavy (non-hydrogen) atoms. The number of rotatable bonds is 7. The van der Waals surface area contributed by atoms with Gasteiger partial charge in [0, 0.05) is 5.69 Å². The number of sulfonamides is 1. The third-order valence-electron chi connectivity index (χ3n) is 3.48. The zero-order valence-electron chi connectivity index (χ0n) is 14.8. The Kier molecular flexibility index (Phi) is 6.51. The Morgan fingerprint density at radius 1 is 1.07 bits per heavy atom. The predicted molar refractivity (Wildman–Crippen MR) is 99.6 cm³/mol. The van der Waals surface area contributed by atoms with Crippen LogP contribution in [-0.2, 0) is 19.6 Å². The molecule has 0 heterocycles. The number of esters is 1. The third-order valence-corrected chi connectivity index (χ3v) is 4.62. The van der Waals surface area contributed by atoms with Crippen molar-refractivity contribution in [2.45, 2.75) is 6.92 Å². The molecule has 0 fully saturated rings. The Balaban J connectivity index is 2.10. The number of anilines is 2. The quantitative estimate of drug-likeness (QED) is 0.728. The normalized spacial score (nSPS) is 10.9. The maximum absolute atomic E-state index is 13.1. The molecule has 0 spiro atoms. The molecular formula is C18H19FN2O5S. The Morgan fingerprint density at radius 2 is 1.67 bits per heavy atom. The van der Waals surface area contributed by atoms with Crippen LogP contribution in [0.3, 0.4) is 0 Å². The molecule has 2 aromatic rings. The van der Waals surface area contributed by atoms with Gasteiger partial charge in [0.05, 0.1) is 24.1 Å². The minimum absolute atomic E-state index is 0.173. The first-order valence-corrected chi connectivity index (χ1v) is 9.86. The molecule has 0 aliphatic carbocycles. The van der Waals surface area contributed by atoms with Gasteiger partial charge in [0.1, 0.15) is 12.4 Å². The van der Waals surface area contributed by atoms with Crippen molar-refractivity contribution in [3.05, 3.63) is 59.9 Å². The second kappa shape index (κ2) is 8.63. The highest BCUT2D eigenvalue weighted by molar-refractivity contribution is 7.92. The SMILES string of the molecule is CCOC(=O)c1ccc(NC(=O)CN(c2ccc(F)cc2)S(C)(=O)=O)cc1. The van der Waals surface area contributed by atoms with Gasteiger partial charge in [-0.2, -0.15) is 0 Å². The van der Waals surface area contributed by atoms with Gasteiger partial charge >= 0.3 is 5.97 Å². The van der Waals surface area contributed by atoms with E-state index in [9.17, 15) is 22.4 Å². The monoisotopic (exact) mass is 394 g/mol. The van der Waals surface area contributed by atoms with Crippen LogP contribution in [-0.4, -0.2) is 39.7 Å². The average Bonchev–Trinajstić information content (AvgIpc) is 2.60. The Hall–Kier alpha value is -2.94. The molecular weight excluding hydrogens is 375 g/mol. The lowest BCUT2D eigenvalue weighted by Gasteiger charge is -2.21. The molecule has 0 unspecified atom stereocenters. The third kappa shape index (κ3) is 5.78. The van der Waals surface area contributed by atoms with Crippen LogP contribution in [0, 0.1) is 5.82 Å². The molecule has 0 bridgehead atoms. The van der Waals surface area contributed by atoms with Crippen molar-refractivity contribution in [1.29, 1.82) is 0 Å². The van der Waals surface area contributed by atoms with E-state index in [-0.39, 0.29) is 12.3 Å². The number of nitrogens with one attached hydrogen (secondary N) is 1. The summed E-state index contributed by atoms with van der Waals surface area (Å²) in [4.78, 5) is 23.9. The molecule has 9 heteroatoms. The van der Waals surface area contributed by atoms with Crippen LogP contribution in [0.5, 0.6) is 0 Å². The summed E-state index contributed by atoms with van der Waals surface area (Å²) in [6, 6.07) is 10.8. The summed E-state index contributed by atoms with van der Waals surface area (Å²) in [5, 5.41) is 2.55. The minimum Gasteiger partial charge on any atom is -0.462 e. The molecule has 144 valence electrons. The van der Waals surface area contributed by atoms with Crippen molar-refractivity contribution >= 4 is 33.3 Å². The molecule has 2 aromatic carbocycles. The van der Waals surface area contributed by atoms with Crippen molar-refractivity contribution in [3.8, 4) is 0 Å². The summed E-state index contributed by atoms with van der Waals surface area (Å²) in [5.41, 5.74) is 0.895. The molecule has 2 rings (SSSR count). The number of amides is 1. The first kappa shape index (κ1) is 20.4. The van der Waals surface area contributed by atoms with Gasteiger partial charge in [-0.3, -0.25) is 9.10 Å². The van der Waals surface area contributed by atoms with Gasteiger partial charge in [-0.1, -0.05) is 0 Å². The molecule has 0 atom stereocenters. The van der Waals surface area contributed by atoms with Crippen LogP contribution in [0.4, 0.5) is 15.8 Å². The highest BCUT2D eigenvalue weighted by Crippen LogP contribution is 2.18. The van der Waals surface area contributed by atoms with Crippen LogP contribution in [0.2, 0.25) is 0 Å². The van der Waals surface area contributed by atoms with Crippen molar-refractivity contribution in [2.24, 2.45) is 0 Å². The summed E-state index contributed by atoms with van der Waals surface area (Å²) in [5.74, 6) is -1.58. The first-order chi connectivity index (χ1) is 12.7. The van der Waals surface area contributed by atoms with Crippen molar-refractivity contribution in [2.75, 3.05) is 29.0 Å². The van der Waals surface area contributed by atoms with Crippen molar-refractivity contribution in [3.63, 3.8) is 0 Å². The van der Waals surface area contributed by atoms with E-state index in [0.717, 1.165) is 22.7 Å².